The summed E-state index contributed by atoms with van der Waals surface area (Å²) in [6.45, 7) is 0.487. The Balaban J connectivity index is 1.74. The highest BCUT2D eigenvalue weighted by atomic mass is 16.3. The van der Waals surface area contributed by atoms with Crippen LogP contribution in [0.15, 0.2) is 36.4 Å². The van der Waals surface area contributed by atoms with Gasteiger partial charge in [-0.05, 0) is 35.6 Å². The zero-order valence-electron chi connectivity index (χ0n) is 11.4. The number of rotatable bonds is 1. The topological polar surface area (TPSA) is 60.8 Å². The highest BCUT2D eigenvalue weighted by Crippen LogP contribution is 2.43. The van der Waals surface area contributed by atoms with Crippen LogP contribution in [0.2, 0.25) is 0 Å². The molecule has 2 aromatic carbocycles. The summed E-state index contributed by atoms with van der Waals surface area (Å²) in [7, 11) is 0. The fourth-order valence-electron chi connectivity index (χ4n) is 3.50. The molecule has 2 aromatic rings. The SMILES string of the molecule is O=C1c2c(ccc(O)c2O)CN1C1CCc2ccccc21. The summed E-state index contributed by atoms with van der Waals surface area (Å²) in [6, 6.07) is 11.4. The van der Waals surface area contributed by atoms with Gasteiger partial charge in [0.1, 0.15) is 0 Å². The van der Waals surface area contributed by atoms with Crippen molar-refractivity contribution in [3.05, 3.63) is 58.7 Å². The molecule has 1 amide bonds. The number of aryl methyl sites for hydroxylation is 1. The van der Waals surface area contributed by atoms with E-state index in [4.69, 9.17) is 0 Å². The molecule has 2 aliphatic rings. The van der Waals surface area contributed by atoms with Crippen LogP contribution in [0.1, 0.15) is 39.5 Å². The molecule has 0 radical (unpaired) electrons. The number of carbonyl (C=O) groups is 1. The number of benzene rings is 2. The Morgan fingerprint density at radius 1 is 1.05 bits per heavy atom. The van der Waals surface area contributed by atoms with Crippen molar-refractivity contribution in [2.24, 2.45) is 0 Å². The van der Waals surface area contributed by atoms with Crippen molar-refractivity contribution < 1.29 is 15.0 Å². The minimum atomic E-state index is -0.300. The lowest BCUT2D eigenvalue weighted by Crippen LogP contribution is -2.27. The van der Waals surface area contributed by atoms with Crippen LogP contribution in [-0.2, 0) is 13.0 Å². The summed E-state index contributed by atoms with van der Waals surface area (Å²) in [5, 5.41) is 19.5. The predicted molar refractivity (Wildman–Crippen MR) is 77.1 cm³/mol. The van der Waals surface area contributed by atoms with E-state index in [1.807, 2.05) is 12.1 Å². The first-order chi connectivity index (χ1) is 10.2. The number of amides is 1. The minimum absolute atomic E-state index is 0.0580. The number of fused-ring (bicyclic) bond motifs is 2. The Hall–Kier alpha value is -2.49. The van der Waals surface area contributed by atoms with Gasteiger partial charge < -0.3 is 15.1 Å². The molecule has 4 nitrogen and oxygen atoms in total. The second kappa shape index (κ2) is 4.25. The fraction of sp³-hybridized carbons (Fsp3) is 0.235. The molecule has 106 valence electrons. The number of aromatic hydroxyl groups is 2. The molecular weight excluding hydrogens is 266 g/mol. The molecule has 0 spiro atoms. The van der Waals surface area contributed by atoms with Gasteiger partial charge in [-0.1, -0.05) is 30.3 Å². The van der Waals surface area contributed by atoms with Crippen LogP contribution in [0.5, 0.6) is 11.5 Å². The van der Waals surface area contributed by atoms with Gasteiger partial charge in [-0.15, -0.1) is 0 Å². The molecule has 0 aromatic heterocycles. The number of nitrogens with zero attached hydrogens (tertiary/aromatic N) is 1. The van der Waals surface area contributed by atoms with Gasteiger partial charge in [0.25, 0.3) is 5.91 Å². The molecule has 0 bridgehead atoms. The molecule has 0 saturated carbocycles. The molecule has 1 atom stereocenters. The van der Waals surface area contributed by atoms with Crippen molar-refractivity contribution in [1.82, 2.24) is 4.90 Å². The van der Waals surface area contributed by atoms with Gasteiger partial charge in [0, 0.05) is 6.54 Å². The van der Waals surface area contributed by atoms with Crippen molar-refractivity contribution >= 4 is 5.91 Å². The molecule has 1 unspecified atom stereocenters. The van der Waals surface area contributed by atoms with E-state index >= 15 is 0 Å². The monoisotopic (exact) mass is 281 g/mol. The van der Waals surface area contributed by atoms with Crippen molar-refractivity contribution in [3.8, 4) is 11.5 Å². The highest BCUT2D eigenvalue weighted by molar-refractivity contribution is 6.02. The third-order valence-electron chi connectivity index (χ3n) is 4.54. The molecule has 21 heavy (non-hydrogen) atoms. The summed E-state index contributed by atoms with van der Waals surface area (Å²) in [5.74, 6) is -0.734. The maximum absolute atomic E-state index is 12.6. The van der Waals surface area contributed by atoms with Crippen LogP contribution in [0, 0.1) is 0 Å². The number of carbonyl (C=O) groups excluding carboxylic acids is 1. The summed E-state index contributed by atoms with van der Waals surface area (Å²) in [5.41, 5.74) is 3.51. The average Bonchev–Trinajstić information content (AvgIpc) is 3.05. The highest BCUT2D eigenvalue weighted by Gasteiger charge is 2.38. The first-order valence-electron chi connectivity index (χ1n) is 7.09. The molecule has 1 aliphatic heterocycles. The Labute approximate surface area is 122 Å². The lowest BCUT2D eigenvalue weighted by molar-refractivity contribution is 0.0699. The van der Waals surface area contributed by atoms with Gasteiger partial charge in [0.05, 0.1) is 11.6 Å². The molecule has 0 saturated heterocycles. The van der Waals surface area contributed by atoms with E-state index in [1.54, 1.807) is 11.0 Å². The first kappa shape index (κ1) is 12.3. The van der Waals surface area contributed by atoms with Gasteiger partial charge >= 0.3 is 0 Å². The lowest BCUT2D eigenvalue weighted by Gasteiger charge is -2.24. The summed E-state index contributed by atoms with van der Waals surface area (Å²) in [4.78, 5) is 14.4. The van der Waals surface area contributed by atoms with E-state index in [2.05, 4.69) is 12.1 Å². The summed E-state index contributed by atoms with van der Waals surface area (Å²) in [6.07, 6.45) is 1.88. The van der Waals surface area contributed by atoms with Crippen LogP contribution >= 0.6 is 0 Å². The van der Waals surface area contributed by atoms with Crippen LogP contribution in [0.3, 0.4) is 0 Å². The van der Waals surface area contributed by atoms with E-state index in [1.165, 1.54) is 17.2 Å². The van der Waals surface area contributed by atoms with Crippen molar-refractivity contribution in [2.45, 2.75) is 25.4 Å². The quantitative estimate of drug-likeness (QED) is 0.790. The molecule has 4 rings (SSSR count). The van der Waals surface area contributed by atoms with Crippen LogP contribution in [0.4, 0.5) is 0 Å². The number of hydrogen-bond acceptors (Lipinski definition) is 3. The molecule has 2 N–H and O–H groups in total. The van der Waals surface area contributed by atoms with E-state index < -0.39 is 0 Å². The van der Waals surface area contributed by atoms with Crippen molar-refractivity contribution in [1.29, 1.82) is 0 Å². The Morgan fingerprint density at radius 3 is 2.71 bits per heavy atom. The molecule has 4 heteroatoms. The van der Waals surface area contributed by atoms with E-state index in [0.717, 1.165) is 18.4 Å². The maximum atomic E-state index is 12.6. The number of phenols is 2. The maximum Gasteiger partial charge on any atom is 0.258 e. The molecular formula is C17H15NO3. The zero-order chi connectivity index (χ0) is 14.6. The minimum Gasteiger partial charge on any atom is -0.504 e. The summed E-state index contributed by atoms with van der Waals surface area (Å²) >= 11 is 0. The first-order valence-corrected chi connectivity index (χ1v) is 7.09. The summed E-state index contributed by atoms with van der Waals surface area (Å²) < 4.78 is 0. The molecule has 0 fully saturated rings. The third-order valence-corrected chi connectivity index (χ3v) is 4.54. The van der Waals surface area contributed by atoms with Crippen LogP contribution in [0.25, 0.3) is 0 Å². The van der Waals surface area contributed by atoms with Crippen molar-refractivity contribution in [2.75, 3.05) is 0 Å². The fourth-order valence-corrected chi connectivity index (χ4v) is 3.50. The average molecular weight is 281 g/mol. The van der Waals surface area contributed by atoms with E-state index in [-0.39, 0.29) is 29.0 Å². The molecule has 1 heterocycles. The van der Waals surface area contributed by atoms with E-state index in [0.29, 0.717) is 6.54 Å². The van der Waals surface area contributed by atoms with Gasteiger partial charge in [-0.3, -0.25) is 4.79 Å². The normalized spacial score (nSPS) is 19.7. The standard InChI is InChI=1S/C17H15NO3/c19-14-8-6-11-9-18(17(21)15(11)16(14)20)13-7-5-10-3-1-2-4-12(10)13/h1-4,6,8,13,19-20H,5,7,9H2. The van der Waals surface area contributed by atoms with Gasteiger partial charge in [0.15, 0.2) is 11.5 Å². The number of phenolic OH excluding ortho intramolecular Hbond substituents is 2. The second-order valence-electron chi connectivity index (χ2n) is 5.65. The molecule has 1 aliphatic carbocycles. The van der Waals surface area contributed by atoms with Crippen LogP contribution in [-0.4, -0.2) is 21.0 Å². The Bertz CT molecular complexity index is 754. The Kier molecular flexibility index (Phi) is 2.48. The second-order valence-corrected chi connectivity index (χ2v) is 5.65. The zero-order valence-corrected chi connectivity index (χ0v) is 11.4. The predicted octanol–water partition coefficient (Wildman–Crippen LogP) is 2.74. The third kappa shape index (κ3) is 1.65. The Morgan fingerprint density at radius 2 is 1.86 bits per heavy atom. The van der Waals surface area contributed by atoms with Crippen molar-refractivity contribution in [3.63, 3.8) is 0 Å². The van der Waals surface area contributed by atoms with Crippen LogP contribution < -0.4 is 0 Å². The largest absolute Gasteiger partial charge is 0.504 e. The van der Waals surface area contributed by atoms with Gasteiger partial charge in [-0.25, -0.2) is 0 Å². The van der Waals surface area contributed by atoms with Gasteiger partial charge in [-0.2, -0.15) is 0 Å². The number of hydrogen-bond donors (Lipinski definition) is 2. The van der Waals surface area contributed by atoms with Gasteiger partial charge in [0.2, 0.25) is 0 Å². The smallest absolute Gasteiger partial charge is 0.258 e. The van der Waals surface area contributed by atoms with E-state index in [9.17, 15) is 15.0 Å². The lowest BCUT2D eigenvalue weighted by atomic mass is 10.1.